The lowest BCUT2D eigenvalue weighted by molar-refractivity contribution is -0.151. The molecule has 0 aliphatic carbocycles. The largest absolute Gasteiger partial charge is 0.393 e. The summed E-state index contributed by atoms with van der Waals surface area (Å²) in [5.74, 6) is -0.999. The molecule has 0 aliphatic heterocycles. The number of carbonyl (C=O) groups excluding carboxylic acids is 2. The van der Waals surface area contributed by atoms with Crippen LogP contribution in [0.4, 0.5) is 0 Å². The molecular formula is C10H16O4. The van der Waals surface area contributed by atoms with E-state index in [0.29, 0.717) is 0 Å². The zero-order chi connectivity index (χ0) is 11.0. The van der Waals surface area contributed by atoms with Gasteiger partial charge in [-0.05, 0) is 18.9 Å². The highest BCUT2D eigenvalue weighted by atomic mass is 16.7. The molecular weight excluding hydrogens is 184 g/mol. The van der Waals surface area contributed by atoms with E-state index >= 15 is 0 Å². The Kier molecular flexibility index (Phi) is 6.45. The van der Waals surface area contributed by atoms with Gasteiger partial charge in [0.25, 0.3) is 5.95 Å². The fourth-order valence-corrected chi connectivity index (χ4v) is 0.812. The van der Waals surface area contributed by atoms with Gasteiger partial charge in [-0.2, -0.15) is 0 Å². The maximum atomic E-state index is 10.6. The zero-order valence-electron chi connectivity index (χ0n) is 8.83. The average Bonchev–Trinajstić information content (AvgIpc) is 2.02. The first-order valence-corrected chi connectivity index (χ1v) is 4.63. The number of unbranched alkanes of at least 4 members (excludes halogenated alkanes) is 2. The lowest BCUT2D eigenvalue weighted by atomic mass is 10.2. The smallest absolute Gasteiger partial charge is 0.310 e. The summed E-state index contributed by atoms with van der Waals surface area (Å²) in [6, 6.07) is 0. The van der Waals surface area contributed by atoms with Gasteiger partial charge >= 0.3 is 11.9 Å². The van der Waals surface area contributed by atoms with Gasteiger partial charge in [-0.25, -0.2) is 0 Å². The van der Waals surface area contributed by atoms with Crippen molar-refractivity contribution in [2.45, 2.75) is 40.0 Å². The van der Waals surface area contributed by atoms with Crippen LogP contribution in [0.2, 0.25) is 0 Å². The van der Waals surface area contributed by atoms with E-state index in [9.17, 15) is 9.59 Å². The minimum absolute atomic E-state index is 0.0153. The van der Waals surface area contributed by atoms with E-state index in [1.165, 1.54) is 13.8 Å². The number of rotatable bonds is 5. The monoisotopic (exact) mass is 200 g/mol. The molecule has 4 heteroatoms. The van der Waals surface area contributed by atoms with Crippen molar-refractivity contribution in [3.8, 4) is 0 Å². The lowest BCUT2D eigenvalue weighted by Crippen LogP contribution is -2.06. The van der Waals surface area contributed by atoms with E-state index < -0.39 is 11.9 Å². The average molecular weight is 200 g/mol. The second-order valence-corrected chi connectivity index (χ2v) is 2.85. The third-order valence-electron chi connectivity index (χ3n) is 1.36. The van der Waals surface area contributed by atoms with Crippen molar-refractivity contribution in [3.05, 3.63) is 12.0 Å². The summed E-state index contributed by atoms with van der Waals surface area (Å²) in [6.45, 7) is 4.57. The van der Waals surface area contributed by atoms with Gasteiger partial charge in [0.1, 0.15) is 0 Å². The van der Waals surface area contributed by atoms with Crippen LogP contribution < -0.4 is 0 Å². The second-order valence-electron chi connectivity index (χ2n) is 2.85. The van der Waals surface area contributed by atoms with Gasteiger partial charge in [-0.15, -0.1) is 0 Å². The van der Waals surface area contributed by atoms with Gasteiger partial charge in [0.2, 0.25) is 0 Å². The fourth-order valence-electron chi connectivity index (χ4n) is 0.812. The van der Waals surface area contributed by atoms with Crippen LogP contribution >= 0.6 is 0 Å². The summed E-state index contributed by atoms with van der Waals surface area (Å²) in [7, 11) is 0. The summed E-state index contributed by atoms with van der Waals surface area (Å²) in [6.07, 6.45) is 4.33. The van der Waals surface area contributed by atoms with E-state index in [0.717, 1.165) is 19.3 Å². The van der Waals surface area contributed by atoms with E-state index in [2.05, 4.69) is 9.47 Å². The highest BCUT2D eigenvalue weighted by Crippen LogP contribution is 2.05. The molecule has 0 spiro atoms. The number of ether oxygens (including phenoxy) is 2. The molecule has 0 rings (SSSR count). The molecule has 0 aromatic heterocycles. The molecule has 0 aromatic rings. The molecule has 0 atom stereocenters. The van der Waals surface area contributed by atoms with Gasteiger partial charge in [-0.3, -0.25) is 9.59 Å². The third-order valence-corrected chi connectivity index (χ3v) is 1.36. The topological polar surface area (TPSA) is 52.6 Å². The zero-order valence-corrected chi connectivity index (χ0v) is 8.83. The molecule has 0 saturated carbocycles. The van der Waals surface area contributed by atoms with Crippen molar-refractivity contribution in [3.63, 3.8) is 0 Å². The van der Waals surface area contributed by atoms with Crippen molar-refractivity contribution in [2.24, 2.45) is 0 Å². The van der Waals surface area contributed by atoms with Gasteiger partial charge in [0.15, 0.2) is 0 Å². The third kappa shape index (κ3) is 7.34. The lowest BCUT2D eigenvalue weighted by Gasteiger charge is -2.05. The Hall–Kier alpha value is -1.32. The Morgan fingerprint density at radius 1 is 1.14 bits per heavy atom. The van der Waals surface area contributed by atoms with Gasteiger partial charge in [-0.1, -0.05) is 13.3 Å². The van der Waals surface area contributed by atoms with Crippen molar-refractivity contribution in [2.75, 3.05) is 0 Å². The first kappa shape index (κ1) is 12.7. The number of carbonyl (C=O) groups is 2. The van der Waals surface area contributed by atoms with Crippen LogP contribution in [0.25, 0.3) is 0 Å². The SMILES string of the molecule is CCCCC=C(OC(C)=O)OC(C)=O. The molecule has 0 fully saturated rings. The van der Waals surface area contributed by atoms with Gasteiger partial charge in [0, 0.05) is 13.8 Å². The van der Waals surface area contributed by atoms with Crippen molar-refractivity contribution < 1.29 is 19.1 Å². The Morgan fingerprint density at radius 3 is 2.00 bits per heavy atom. The molecule has 0 saturated heterocycles. The molecule has 0 aromatic carbocycles. The summed E-state index contributed by atoms with van der Waals surface area (Å²) in [5.41, 5.74) is 0. The predicted octanol–water partition coefficient (Wildman–Crippen LogP) is 2.14. The Balaban J connectivity index is 4.15. The number of allylic oxidation sites excluding steroid dienone is 1. The Labute approximate surface area is 83.9 Å². The van der Waals surface area contributed by atoms with Crippen LogP contribution in [0.5, 0.6) is 0 Å². The highest BCUT2D eigenvalue weighted by Gasteiger charge is 2.05. The van der Waals surface area contributed by atoms with Crippen LogP contribution in [0.3, 0.4) is 0 Å². The van der Waals surface area contributed by atoms with Crippen molar-refractivity contribution in [1.29, 1.82) is 0 Å². The predicted molar refractivity (Wildman–Crippen MR) is 51.1 cm³/mol. The second kappa shape index (κ2) is 7.12. The molecule has 0 N–H and O–H groups in total. The van der Waals surface area contributed by atoms with Gasteiger partial charge in [0.05, 0.1) is 0 Å². The van der Waals surface area contributed by atoms with E-state index in [1.54, 1.807) is 6.08 Å². The summed E-state index contributed by atoms with van der Waals surface area (Å²) in [5, 5.41) is 0. The summed E-state index contributed by atoms with van der Waals surface area (Å²) in [4.78, 5) is 21.2. The highest BCUT2D eigenvalue weighted by molar-refractivity contribution is 5.69. The molecule has 4 nitrogen and oxygen atoms in total. The molecule has 0 heterocycles. The molecule has 0 radical (unpaired) electrons. The van der Waals surface area contributed by atoms with Crippen LogP contribution in [0, 0.1) is 0 Å². The fraction of sp³-hybridized carbons (Fsp3) is 0.600. The first-order chi connectivity index (χ1) is 6.56. The molecule has 14 heavy (non-hydrogen) atoms. The van der Waals surface area contributed by atoms with Crippen LogP contribution in [-0.2, 0) is 19.1 Å². The minimum atomic E-state index is -0.492. The molecule has 0 bridgehead atoms. The molecule has 80 valence electrons. The Bertz CT molecular complexity index is 212. The van der Waals surface area contributed by atoms with Crippen LogP contribution in [-0.4, -0.2) is 11.9 Å². The standard InChI is InChI=1S/C10H16O4/c1-4-5-6-7-10(13-8(2)11)14-9(3)12/h7H,4-6H2,1-3H3. The number of hydrogen-bond acceptors (Lipinski definition) is 4. The number of hydrogen-bond donors (Lipinski definition) is 0. The maximum absolute atomic E-state index is 10.6. The summed E-state index contributed by atoms with van der Waals surface area (Å²) >= 11 is 0. The minimum Gasteiger partial charge on any atom is -0.393 e. The van der Waals surface area contributed by atoms with Crippen molar-refractivity contribution in [1.82, 2.24) is 0 Å². The van der Waals surface area contributed by atoms with Gasteiger partial charge < -0.3 is 9.47 Å². The van der Waals surface area contributed by atoms with E-state index in [-0.39, 0.29) is 5.95 Å². The first-order valence-electron chi connectivity index (χ1n) is 4.63. The molecule has 0 amide bonds. The molecule has 0 unspecified atom stereocenters. The van der Waals surface area contributed by atoms with Crippen molar-refractivity contribution >= 4 is 11.9 Å². The molecule has 0 aliphatic rings. The summed E-state index contributed by atoms with van der Waals surface area (Å²) < 4.78 is 9.37. The van der Waals surface area contributed by atoms with Crippen LogP contribution in [0.15, 0.2) is 12.0 Å². The quantitative estimate of drug-likeness (QED) is 0.387. The Morgan fingerprint density at radius 2 is 1.64 bits per heavy atom. The van der Waals surface area contributed by atoms with Crippen LogP contribution in [0.1, 0.15) is 40.0 Å². The van der Waals surface area contributed by atoms with E-state index in [4.69, 9.17) is 0 Å². The van der Waals surface area contributed by atoms with E-state index in [1.807, 2.05) is 6.92 Å². The number of esters is 2. The maximum Gasteiger partial charge on any atom is 0.310 e. The normalized spacial score (nSPS) is 9.07.